The molecule has 7 heteroatoms. The first-order valence-corrected chi connectivity index (χ1v) is 8.88. The number of ether oxygens (including phenoxy) is 2. The fraction of sp³-hybridized carbons (Fsp3) is 0.300. The lowest BCUT2D eigenvalue weighted by atomic mass is 9.96. The third-order valence-corrected chi connectivity index (χ3v) is 4.80. The van der Waals surface area contributed by atoms with E-state index in [2.05, 4.69) is 16.0 Å². The minimum atomic E-state index is -0.172. The van der Waals surface area contributed by atoms with Gasteiger partial charge in [-0.05, 0) is 36.2 Å². The molecule has 7 nitrogen and oxygen atoms in total. The van der Waals surface area contributed by atoms with E-state index in [1.54, 1.807) is 25.3 Å². The second-order valence-electron chi connectivity index (χ2n) is 6.70. The van der Waals surface area contributed by atoms with Crippen molar-refractivity contribution in [2.24, 2.45) is 5.92 Å². The number of carbonyl (C=O) groups is 2. The standard InChI is InChI=1S/C20H21N3O4/c1-26-17-4-2-3-13-7-12(11-27-19(13)17)9-22-20(25)14-5-6-15-16(8-14)23-18(24)10-21-15/h2-6,8,12,21H,7,9-11H2,1H3,(H,22,25)(H,23,24)/t12-/m0/s1. The van der Waals surface area contributed by atoms with Crippen LogP contribution in [0.1, 0.15) is 15.9 Å². The highest BCUT2D eigenvalue weighted by atomic mass is 16.5. The smallest absolute Gasteiger partial charge is 0.251 e. The second-order valence-corrected chi connectivity index (χ2v) is 6.70. The van der Waals surface area contributed by atoms with Gasteiger partial charge in [-0.2, -0.15) is 0 Å². The molecule has 2 aromatic rings. The van der Waals surface area contributed by atoms with Crippen LogP contribution in [0.4, 0.5) is 11.4 Å². The van der Waals surface area contributed by atoms with E-state index in [9.17, 15) is 9.59 Å². The first kappa shape index (κ1) is 17.2. The van der Waals surface area contributed by atoms with Crippen molar-refractivity contribution in [3.05, 3.63) is 47.5 Å². The molecular formula is C20H21N3O4. The fourth-order valence-corrected chi connectivity index (χ4v) is 3.40. The van der Waals surface area contributed by atoms with Crippen LogP contribution in [-0.2, 0) is 11.2 Å². The van der Waals surface area contributed by atoms with E-state index in [4.69, 9.17) is 9.47 Å². The largest absolute Gasteiger partial charge is 0.493 e. The van der Waals surface area contributed by atoms with Crippen molar-refractivity contribution in [3.63, 3.8) is 0 Å². The number of amides is 2. The summed E-state index contributed by atoms with van der Waals surface area (Å²) in [5.74, 6) is 1.43. The molecule has 2 heterocycles. The van der Waals surface area contributed by atoms with Crippen LogP contribution in [0, 0.1) is 5.92 Å². The van der Waals surface area contributed by atoms with Crippen molar-refractivity contribution in [3.8, 4) is 11.5 Å². The third kappa shape index (κ3) is 3.53. The summed E-state index contributed by atoms with van der Waals surface area (Å²) in [6, 6.07) is 11.1. The van der Waals surface area contributed by atoms with E-state index in [1.165, 1.54) is 0 Å². The number of hydrogen-bond donors (Lipinski definition) is 3. The molecule has 4 rings (SSSR count). The van der Waals surface area contributed by atoms with Crippen molar-refractivity contribution in [1.82, 2.24) is 5.32 Å². The molecule has 0 saturated carbocycles. The minimum absolute atomic E-state index is 0.117. The molecular weight excluding hydrogens is 346 g/mol. The molecule has 0 aromatic heterocycles. The number of hydrogen-bond acceptors (Lipinski definition) is 5. The molecule has 0 fully saturated rings. The highest BCUT2D eigenvalue weighted by Crippen LogP contribution is 2.35. The number of rotatable bonds is 4. The Balaban J connectivity index is 1.39. The lowest BCUT2D eigenvalue weighted by Gasteiger charge is -2.26. The highest BCUT2D eigenvalue weighted by molar-refractivity contribution is 6.03. The van der Waals surface area contributed by atoms with Crippen molar-refractivity contribution in [2.75, 3.05) is 37.4 Å². The van der Waals surface area contributed by atoms with Gasteiger partial charge in [-0.15, -0.1) is 0 Å². The van der Waals surface area contributed by atoms with Crippen LogP contribution in [0.2, 0.25) is 0 Å². The minimum Gasteiger partial charge on any atom is -0.493 e. The Morgan fingerprint density at radius 1 is 1.30 bits per heavy atom. The number of nitrogens with one attached hydrogen (secondary N) is 3. The Kier molecular flexibility index (Phi) is 4.58. The van der Waals surface area contributed by atoms with Crippen LogP contribution in [-0.4, -0.2) is 38.6 Å². The van der Waals surface area contributed by atoms with Crippen LogP contribution in [0.5, 0.6) is 11.5 Å². The van der Waals surface area contributed by atoms with E-state index < -0.39 is 0 Å². The molecule has 2 aliphatic rings. The number of methoxy groups -OCH3 is 1. The van der Waals surface area contributed by atoms with Gasteiger partial charge in [0.15, 0.2) is 11.5 Å². The summed E-state index contributed by atoms with van der Waals surface area (Å²) < 4.78 is 11.2. The normalized spacial score (nSPS) is 17.5. The molecule has 2 amide bonds. The van der Waals surface area contributed by atoms with Crippen LogP contribution in [0.3, 0.4) is 0 Å². The van der Waals surface area contributed by atoms with Gasteiger partial charge >= 0.3 is 0 Å². The summed E-state index contributed by atoms with van der Waals surface area (Å²) in [4.78, 5) is 24.0. The molecule has 0 spiro atoms. The number of benzene rings is 2. The zero-order valence-electron chi connectivity index (χ0n) is 15.0. The molecule has 27 heavy (non-hydrogen) atoms. The Morgan fingerprint density at radius 3 is 3.04 bits per heavy atom. The summed E-state index contributed by atoms with van der Waals surface area (Å²) >= 11 is 0. The summed E-state index contributed by atoms with van der Waals surface area (Å²) in [6.07, 6.45) is 0.816. The zero-order chi connectivity index (χ0) is 18.8. The first-order chi connectivity index (χ1) is 13.1. The van der Waals surface area contributed by atoms with Gasteiger partial charge in [0.05, 0.1) is 31.6 Å². The highest BCUT2D eigenvalue weighted by Gasteiger charge is 2.23. The average molecular weight is 367 g/mol. The lowest BCUT2D eigenvalue weighted by molar-refractivity contribution is -0.114. The molecule has 3 N–H and O–H groups in total. The van der Waals surface area contributed by atoms with Crippen LogP contribution in [0.15, 0.2) is 36.4 Å². The van der Waals surface area contributed by atoms with Crippen molar-refractivity contribution >= 4 is 23.2 Å². The van der Waals surface area contributed by atoms with Crippen molar-refractivity contribution in [2.45, 2.75) is 6.42 Å². The van der Waals surface area contributed by atoms with E-state index in [0.717, 1.165) is 29.2 Å². The SMILES string of the molecule is COc1cccc2c1OC[C@H](CNC(=O)c1ccc3c(c1)NC(=O)CN3)C2. The van der Waals surface area contributed by atoms with Crippen molar-refractivity contribution in [1.29, 1.82) is 0 Å². The van der Waals surface area contributed by atoms with Gasteiger partial charge in [0.25, 0.3) is 5.91 Å². The van der Waals surface area contributed by atoms with E-state index in [-0.39, 0.29) is 24.3 Å². The van der Waals surface area contributed by atoms with Gasteiger partial charge in [-0.1, -0.05) is 12.1 Å². The van der Waals surface area contributed by atoms with Gasteiger partial charge in [0.1, 0.15) is 0 Å². The summed E-state index contributed by atoms with van der Waals surface area (Å²) in [6.45, 7) is 1.28. The Morgan fingerprint density at radius 2 is 2.19 bits per heavy atom. The quantitative estimate of drug-likeness (QED) is 0.770. The van der Waals surface area contributed by atoms with Crippen LogP contribution >= 0.6 is 0 Å². The molecule has 0 saturated heterocycles. The van der Waals surface area contributed by atoms with Gasteiger partial charge in [-0.25, -0.2) is 0 Å². The number of anilines is 2. The summed E-state index contributed by atoms with van der Waals surface area (Å²) in [5.41, 5.74) is 3.04. The number of para-hydroxylation sites is 1. The second kappa shape index (κ2) is 7.19. The van der Waals surface area contributed by atoms with Gasteiger partial charge < -0.3 is 25.4 Å². The monoisotopic (exact) mass is 367 g/mol. The van der Waals surface area contributed by atoms with Crippen molar-refractivity contribution < 1.29 is 19.1 Å². The lowest BCUT2D eigenvalue weighted by Crippen LogP contribution is -2.35. The van der Waals surface area contributed by atoms with E-state index in [1.807, 2.05) is 18.2 Å². The summed E-state index contributed by atoms with van der Waals surface area (Å²) in [5, 5.41) is 8.74. The topological polar surface area (TPSA) is 88.7 Å². The van der Waals surface area contributed by atoms with Gasteiger partial charge in [-0.3, -0.25) is 9.59 Å². The van der Waals surface area contributed by atoms with E-state index >= 15 is 0 Å². The zero-order valence-corrected chi connectivity index (χ0v) is 15.0. The number of carbonyl (C=O) groups excluding carboxylic acids is 2. The molecule has 0 radical (unpaired) electrons. The predicted molar refractivity (Wildman–Crippen MR) is 102 cm³/mol. The molecule has 1 atom stereocenters. The predicted octanol–water partition coefficient (Wildman–Crippen LogP) is 2.04. The molecule has 0 aliphatic carbocycles. The Labute approximate surface area is 157 Å². The number of fused-ring (bicyclic) bond motifs is 2. The van der Waals surface area contributed by atoms with E-state index in [0.29, 0.717) is 24.4 Å². The van der Waals surface area contributed by atoms with Crippen LogP contribution < -0.4 is 25.4 Å². The molecule has 0 unspecified atom stereocenters. The maximum Gasteiger partial charge on any atom is 0.251 e. The Bertz CT molecular complexity index is 897. The molecule has 0 bridgehead atoms. The molecule has 140 valence electrons. The maximum atomic E-state index is 12.5. The first-order valence-electron chi connectivity index (χ1n) is 8.88. The summed E-state index contributed by atoms with van der Waals surface area (Å²) in [7, 11) is 1.63. The van der Waals surface area contributed by atoms with Crippen LogP contribution in [0.25, 0.3) is 0 Å². The molecule has 2 aliphatic heterocycles. The van der Waals surface area contributed by atoms with Gasteiger partial charge in [0, 0.05) is 18.0 Å². The van der Waals surface area contributed by atoms with Gasteiger partial charge in [0.2, 0.25) is 5.91 Å². The average Bonchev–Trinajstić information content (AvgIpc) is 2.70. The maximum absolute atomic E-state index is 12.5. The molecule has 2 aromatic carbocycles. The Hall–Kier alpha value is -3.22. The fourth-order valence-electron chi connectivity index (χ4n) is 3.40. The third-order valence-electron chi connectivity index (χ3n) is 4.80.